The number of rotatable bonds is 3. The van der Waals surface area contributed by atoms with Gasteiger partial charge in [0, 0.05) is 51.5 Å². The Labute approximate surface area is 146 Å². The maximum absolute atomic E-state index is 12.7. The highest BCUT2D eigenvalue weighted by molar-refractivity contribution is 5.98. The maximum Gasteiger partial charge on any atom is 0.322 e. The number of urea groups is 1. The Balaban J connectivity index is 1.56. The molecule has 8 nitrogen and oxygen atoms in total. The van der Waals surface area contributed by atoms with Crippen LogP contribution in [-0.2, 0) is 16.1 Å². The average molecular weight is 345 g/mol. The monoisotopic (exact) mass is 345 g/mol. The molecule has 134 valence electrons. The first-order valence-electron chi connectivity index (χ1n) is 8.62. The lowest BCUT2D eigenvalue weighted by atomic mass is 10.1. The summed E-state index contributed by atoms with van der Waals surface area (Å²) in [6.45, 7) is 3.78. The van der Waals surface area contributed by atoms with Gasteiger partial charge in [0.1, 0.15) is 6.04 Å². The average Bonchev–Trinajstić information content (AvgIpc) is 2.93. The van der Waals surface area contributed by atoms with Gasteiger partial charge in [-0.15, -0.1) is 0 Å². The van der Waals surface area contributed by atoms with Crippen LogP contribution in [0.25, 0.3) is 0 Å². The summed E-state index contributed by atoms with van der Waals surface area (Å²) in [5.41, 5.74) is 1.16. The first kappa shape index (κ1) is 17.3. The zero-order valence-electron chi connectivity index (χ0n) is 14.1. The van der Waals surface area contributed by atoms with Crippen molar-refractivity contribution in [2.75, 3.05) is 26.2 Å². The van der Waals surface area contributed by atoms with Gasteiger partial charge in [-0.2, -0.15) is 0 Å². The summed E-state index contributed by atoms with van der Waals surface area (Å²) in [7, 11) is 0. The molecule has 2 aliphatic rings. The number of pyridine rings is 1. The lowest BCUT2D eigenvalue weighted by Crippen LogP contribution is -2.50. The Hall–Kier alpha value is -2.48. The van der Waals surface area contributed by atoms with Crippen molar-refractivity contribution in [3.63, 3.8) is 0 Å². The van der Waals surface area contributed by atoms with Crippen molar-refractivity contribution >= 4 is 17.8 Å². The molecule has 2 saturated heterocycles. The van der Waals surface area contributed by atoms with Crippen molar-refractivity contribution in [1.29, 1.82) is 0 Å². The molecule has 2 fully saturated rings. The molecular formula is C17H23N5O3. The highest BCUT2D eigenvalue weighted by Gasteiger charge is 2.30. The summed E-state index contributed by atoms with van der Waals surface area (Å²) in [6.07, 6.45) is 5.01. The third-order valence-electron chi connectivity index (χ3n) is 4.55. The molecule has 0 aliphatic carbocycles. The highest BCUT2D eigenvalue weighted by Crippen LogP contribution is 2.11. The van der Waals surface area contributed by atoms with Gasteiger partial charge >= 0.3 is 6.03 Å². The molecule has 1 aromatic rings. The number of carbonyl (C=O) groups is 3. The SMILES string of the molecule is O=C1CCC(C(=O)N2CCCN(Cc3cccnc3)CC2)NC(=O)N1. The molecule has 2 aliphatic heterocycles. The van der Waals surface area contributed by atoms with Crippen molar-refractivity contribution in [1.82, 2.24) is 25.4 Å². The molecule has 0 bridgehead atoms. The standard InChI is InChI=1S/C17H23N5O3/c23-15-5-4-14(19-17(25)20-15)16(24)22-8-2-7-21(9-10-22)12-13-3-1-6-18-11-13/h1,3,6,11,14H,2,4-5,7-10,12H2,(H2,19,20,23,25). The first-order chi connectivity index (χ1) is 12.1. The highest BCUT2D eigenvalue weighted by atomic mass is 16.2. The fourth-order valence-electron chi connectivity index (χ4n) is 3.24. The zero-order chi connectivity index (χ0) is 17.6. The fourth-order valence-corrected chi connectivity index (χ4v) is 3.24. The Bertz CT molecular complexity index is 636. The van der Waals surface area contributed by atoms with Gasteiger partial charge in [-0.05, 0) is 24.5 Å². The van der Waals surface area contributed by atoms with E-state index in [9.17, 15) is 14.4 Å². The van der Waals surface area contributed by atoms with Crippen LogP contribution in [0.5, 0.6) is 0 Å². The predicted molar refractivity (Wildman–Crippen MR) is 90.4 cm³/mol. The number of amides is 4. The van der Waals surface area contributed by atoms with E-state index in [1.165, 1.54) is 0 Å². The summed E-state index contributed by atoms with van der Waals surface area (Å²) in [5, 5.41) is 4.80. The first-order valence-corrected chi connectivity index (χ1v) is 8.62. The maximum atomic E-state index is 12.7. The Morgan fingerprint density at radius 1 is 1.24 bits per heavy atom. The minimum atomic E-state index is -0.628. The van der Waals surface area contributed by atoms with Crippen LogP contribution < -0.4 is 10.6 Å². The number of aromatic nitrogens is 1. The smallest absolute Gasteiger partial charge is 0.322 e. The van der Waals surface area contributed by atoms with Gasteiger partial charge in [0.15, 0.2) is 0 Å². The molecule has 2 N–H and O–H groups in total. The summed E-state index contributed by atoms with van der Waals surface area (Å²) in [4.78, 5) is 43.9. The minimum absolute atomic E-state index is 0.104. The number of imide groups is 1. The van der Waals surface area contributed by atoms with Crippen molar-refractivity contribution in [2.24, 2.45) is 0 Å². The zero-order valence-corrected chi connectivity index (χ0v) is 14.1. The molecule has 3 heterocycles. The van der Waals surface area contributed by atoms with E-state index in [1.807, 2.05) is 18.3 Å². The van der Waals surface area contributed by atoms with E-state index in [0.717, 1.165) is 31.6 Å². The molecule has 0 aromatic carbocycles. The van der Waals surface area contributed by atoms with E-state index >= 15 is 0 Å². The topological polar surface area (TPSA) is 94.6 Å². The van der Waals surface area contributed by atoms with Crippen LogP contribution in [0.3, 0.4) is 0 Å². The van der Waals surface area contributed by atoms with E-state index in [-0.39, 0.29) is 18.2 Å². The normalized spacial score (nSPS) is 22.6. The van der Waals surface area contributed by atoms with Crippen LogP contribution in [0.1, 0.15) is 24.8 Å². The third kappa shape index (κ3) is 4.76. The second-order valence-electron chi connectivity index (χ2n) is 6.43. The number of carbonyl (C=O) groups excluding carboxylic acids is 3. The van der Waals surface area contributed by atoms with E-state index in [4.69, 9.17) is 0 Å². The quantitative estimate of drug-likeness (QED) is 0.810. The molecule has 0 spiro atoms. The molecule has 1 aromatic heterocycles. The number of hydrogen-bond donors (Lipinski definition) is 2. The molecule has 1 atom stereocenters. The molecule has 25 heavy (non-hydrogen) atoms. The third-order valence-corrected chi connectivity index (χ3v) is 4.55. The molecule has 0 radical (unpaired) electrons. The van der Waals surface area contributed by atoms with Crippen LogP contribution in [0, 0.1) is 0 Å². The van der Waals surface area contributed by atoms with E-state index in [0.29, 0.717) is 19.5 Å². The minimum Gasteiger partial charge on any atom is -0.340 e. The number of nitrogens with one attached hydrogen (secondary N) is 2. The van der Waals surface area contributed by atoms with Crippen molar-refractivity contribution in [3.05, 3.63) is 30.1 Å². The summed E-state index contributed by atoms with van der Waals surface area (Å²) < 4.78 is 0. The Morgan fingerprint density at radius 2 is 2.12 bits per heavy atom. The van der Waals surface area contributed by atoms with Gasteiger partial charge in [0.05, 0.1) is 0 Å². The Kier molecular flexibility index (Phi) is 5.60. The van der Waals surface area contributed by atoms with Crippen molar-refractivity contribution in [2.45, 2.75) is 31.8 Å². The van der Waals surface area contributed by atoms with E-state index < -0.39 is 12.1 Å². The predicted octanol–water partition coefficient (Wildman–Crippen LogP) is 0.104. The van der Waals surface area contributed by atoms with Gasteiger partial charge in [0.2, 0.25) is 11.8 Å². The van der Waals surface area contributed by atoms with Crippen LogP contribution in [0.2, 0.25) is 0 Å². The van der Waals surface area contributed by atoms with Crippen molar-refractivity contribution in [3.8, 4) is 0 Å². The molecule has 4 amide bonds. The van der Waals surface area contributed by atoms with Gasteiger partial charge in [-0.25, -0.2) is 4.79 Å². The molecule has 0 saturated carbocycles. The van der Waals surface area contributed by atoms with Crippen molar-refractivity contribution < 1.29 is 14.4 Å². The van der Waals surface area contributed by atoms with E-state index in [1.54, 1.807) is 11.1 Å². The van der Waals surface area contributed by atoms with Gasteiger partial charge < -0.3 is 10.2 Å². The van der Waals surface area contributed by atoms with Gasteiger partial charge in [-0.3, -0.25) is 24.8 Å². The second kappa shape index (κ2) is 8.06. The van der Waals surface area contributed by atoms with Crippen LogP contribution >= 0.6 is 0 Å². The summed E-state index contributed by atoms with van der Waals surface area (Å²) in [5.74, 6) is -0.445. The lowest BCUT2D eigenvalue weighted by molar-refractivity contribution is -0.133. The molecular weight excluding hydrogens is 322 g/mol. The molecule has 8 heteroatoms. The summed E-state index contributed by atoms with van der Waals surface area (Å²) >= 11 is 0. The molecule has 1 unspecified atom stereocenters. The van der Waals surface area contributed by atoms with Crippen LogP contribution in [0.4, 0.5) is 4.79 Å². The second-order valence-corrected chi connectivity index (χ2v) is 6.43. The van der Waals surface area contributed by atoms with Crippen LogP contribution in [-0.4, -0.2) is 64.9 Å². The lowest BCUT2D eigenvalue weighted by Gasteiger charge is -2.26. The van der Waals surface area contributed by atoms with Gasteiger partial charge in [-0.1, -0.05) is 6.07 Å². The Morgan fingerprint density at radius 3 is 2.92 bits per heavy atom. The number of hydrogen-bond acceptors (Lipinski definition) is 5. The molecule has 3 rings (SSSR count). The van der Waals surface area contributed by atoms with E-state index in [2.05, 4.69) is 20.5 Å². The number of nitrogens with zero attached hydrogens (tertiary/aromatic N) is 3. The van der Waals surface area contributed by atoms with Gasteiger partial charge in [0.25, 0.3) is 0 Å². The fraction of sp³-hybridized carbons (Fsp3) is 0.529. The summed E-state index contributed by atoms with van der Waals surface area (Å²) in [6, 6.07) is 2.75. The van der Waals surface area contributed by atoms with Crippen LogP contribution in [0.15, 0.2) is 24.5 Å². The largest absolute Gasteiger partial charge is 0.340 e.